The van der Waals surface area contributed by atoms with Crippen molar-refractivity contribution in [2.24, 2.45) is 0 Å². The molecule has 16 heavy (non-hydrogen) atoms. The van der Waals surface area contributed by atoms with E-state index in [1.54, 1.807) is 0 Å². The van der Waals surface area contributed by atoms with E-state index in [0.29, 0.717) is 6.10 Å². The molecular weight excluding hydrogens is 202 g/mol. The number of ether oxygens (including phenoxy) is 1. The first kappa shape index (κ1) is 11.7. The predicted octanol–water partition coefficient (Wildman–Crippen LogP) is 2.47. The third kappa shape index (κ3) is 2.47. The monoisotopic (exact) mass is 223 g/mol. The van der Waals surface area contributed by atoms with Crippen LogP contribution in [-0.4, -0.2) is 19.3 Å². The van der Waals surface area contributed by atoms with Gasteiger partial charge in [0, 0.05) is 25.3 Å². The summed E-state index contributed by atoms with van der Waals surface area (Å²) in [5, 5.41) is 3.45. The maximum absolute atomic E-state index is 5.60. The van der Waals surface area contributed by atoms with Crippen LogP contribution < -0.4 is 5.32 Å². The molecule has 0 bridgehead atoms. The smallest absolute Gasteiger partial charge is 0.105 e. The average molecular weight is 223 g/mol. The fourth-order valence-corrected chi connectivity index (χ4v) is 2.26. The Morgan fingerprint density at radius 2 is 2.06 bits per heavy atom. The maximum Gasteiger partial charge on any atom is 0.105 e. The van der Waals surface area contributed by atoms with Gasteiger partial charge in [-0.1, -0.05) is 0 Å². The van der Waals surface area contributed by atoms with Crippen molar-refractivity contribution in [2.45, 2.75) is 46.3 Å². The lowest BCUT2D eigenvalue weighted by Gasteiger charge is -2.10. The molecule has 0 aliphatic carbocycles. The summed E-state index contributed by atoms with van der Waals surface area (Å²) in [6, 6.07) is 0. The minimum atomic E-state index is 0.411. The highest BCUT2D eigenvalue weighted by molar-refractivity contribution is 5.31. The van der Waals surface area contributed by atoms with Crippen molar-refractivity contribution < 1.29 is 9.15 Å². The highest BCUT2D eigenvalue weighted by atomic mass is 16.5. The third-order valence-electron chi connectivity index (χ3n) is 3.41. The minimum absolute atomic E-state index is 0.411. The van der Waals surface area contributed by atoms with Crippen LogP contribution in [0.5, 0.6) is 0 Å². The lowest BCUT2D eigenvalue weighted by molar-refractivity contribution is 0.110. The van der Waals surface area contributed by atoms with Gasteiger partial charge in [-0.2, -0.15) is 0 Å². The molecule has 0 saturated carbocycles. The minimum Gasteiger partial charge on any atom is -0.466 e. The van der Waals surface area contributed by atoms with Gasteiger partial charge in [-0.3, -0.25) is 0 Å². The molecule has 1 N–H and O–H groups in total. The summed E-state index contributed by atoms with van der Waals surface area (Å²) in [6.45, 7) is 8.93. The van der Waals surface area contributed by atoms with Crippen molar-refractivity contribution in [3.8, 4) is 0 Å². The number of nitrogens with one attached hydrogen (secondary N) is 1. The molecule has 3 nitrogen and oxygen atoms in total. The Bertz CT molecular complexity index is 351. The zero-order valence-electron chi connectivity index (χ0n) is 10.4. The molecule has 1 aliphatic heterocycles. The molecular formula is C13H21NO2. The molecule has 1 saturated heterocycles. The normalized spacial score (nSPS) is 20.6. The van der Waals surface area contributed by atoms with E-state index < -0.39 is 0 Å². The van der Waals surface area contributed by atoms with Gasteiger partial charge < -0.3 is 14.5 Å². The van der Waals surface area contributed by atoms with E-state index in [9.17, 15) is 0 Å². The second-order valence-corrected chi connectivity index (χ2v) is 4.58. The van der Waals surface area contributed by atoms with Gasteiger partial charge in [0.15, 0.2) is 0 Å². The van der Waals surface area contributed by atoms with Crippen LogP contribution in [0.2, 0.25) is 0 Å². The molecule has 1 unspecified atom stereocenters. The first-order valence-corrected chi connectivity index (χ1v) is 6.06. The highest BCUT2D eigenvalue weighted by Crippen LogP contribution is 2.20. The molecule has 0 aromatic carbocycles. The van der Waals surface area contributed by atoms with Gasteiger partial charge in [0.25, 0.3) is 0 Å². The summed E-state index contributed by atoms with van der Waals surface area (Å²) in [5.74, 6) is 2.07. The Hall–Kier alpha value is -0.800. The fourth-order valence-electron chi connectivity index (χ4n) is 2.26. The van der Waals surface area contributed by atoms with Gasteiger partial charge in [-0.05, 0) is 39.2 Å². The van der Waals surface area contributed by atoms with Crippen molar-refractivity contribution in [3.05, 3.63) is 22.6 Å². The Labute approximate surface area is 97.2 Å². The summed E-state index contributed by atoms with van der Waals surface area (Å²) in [7, 11) is 0. The van der Waals surface area contributed by atoms with E-state index in [-0.39, 0.29) is 0 Å². The van der Waals surface area contributed by atoms with Crippen LogP contribution in [0.4, 0.5) is 0 Å². The van der Waals surface area contributed by atoms with Crippen LogP contribution >= 0.6 is 0 Å². The van der Waals surface area contributed by atoms with E-state index >= 15 is 0 Å². The first-order valence-electron chi connectivity index (χ1n) is 6.06. The molecule has 0 radical (unpaired) electrons. The van der Waals surface area contributed by atoms with Crippen LogP contribution in [-0.2, 0) is 11.3 Å². The predicted molar refractivity (Wildman–Crippen MR) is 63.6 cm³/mol. The quantitative estimate of drug-likeness (QED) is 0.851. The Kier molecular flexibility index (Phi) is 3.66. The van der Waals surface area contributed by atoms with Crippen molar-refractivity contribution in [2.75, 3.05) is 13.2 Å². The van der Waals surface area contributed by atoms with Crippen LogP contribution in [0.3, 0.4) is 0 Å². The summed E-state index contributed by atoms with van der Waals surface area (Å²) >= 11 is 0. The molecule has 90 valence electrons. The van der Waals surface area contributed by atoms with E-state index in [2.05, 4.69) is 12.2 Å². The maximum atomic E-state index is 5.60. The van der Waals surface area contributed by atoms with Crippen molar-refractivity contribution in [1.29, 1.82) is 0 Å². The van der Waals surface area contributed by atoms with Gasteiger partial charge in [0.2, 0.25) is 0 Å². The van der Waals surface area contributed by atoms with Crippen LogP contribution in [0.15, 0.2) is 4.42 Å². The average Bonchev–Trinajstić information content (AvgIpc) is 2.82. The van der Waals surface area contributed by atoms with Crippen LogP contribution in [0.25, 0.3) is 0 Å². The van der Waals surface area contributed by atoms with E-state index in [4.69, 9.17) is 9.15 Å². The van der Waals surface area contributed by atoms with E-state index in [0.717, 1.165) is 31.2 Å². The molecule has 1 aromatic heterocycles. The zero-order chi connectivity index (χ0) is 11.5. The standard InChI is InChI=1S/C13H21NO2/c1-9-10(2)16-11(3)13(9)8-14-7-12-5-4-6-15-12/h12,14H,4-8H2,1-3H3. The molecule has 0 spiro atoms. The van der Waals surface area contributed by atoms with Gasteiger partial charge in [0.1, 0.15) is 11.5 Å². The molecule has 2 rings (SSSR count). The number of furan rings is 1. The Morgan fingerprint density at radius 1 is 1.25 bits per heavy atom. The SMILES string of the molecule is Cc1oc(C)c(CNCC2CCCO2)c1C. The lowest BCUT2D eigenvalue weighted by Crippen LogP contribution is -2.26. The number of aryl methyl sites for hydroxylation is 2. The van der Waals surface area contributed by atoms with Gasteiger partial charge in [0.05, 0.1) is 6.10 Å². The third-order valence-corrected chi connectivity index (χ3v) is 3.41. The van der Waals surface area contributed by atoms with E-state index in [1.807, 2.05) is 13.8 Å². The fraction of sp³-hybridized carbons (Fsp3) is 0.692. The molecule has 0 amide bonds. The number of rotatable bonds is 4. The summed E-state index contributed by atoms with van der Waals surface area (Å²) in [5.41, 5.74) is 2.58. The summed E-state index contributed by atoms with van der Waals surface area (Å²) in [6.07, 6.45) is 2.80. The summed E-state index contributed by atoms with van der Waals surface area (Å²) < 4.78 is 11.2. The second-order valence-electron chi connectivity index (χ2n) is 4.58. The molecule has 1 aromatic rings. The largest absolute Gasteiger partial charge is 0.466 e. The lowest BCUT2D eigenvalue weighted by atomic mass is 10.1. The summed E-state index contributed by atoms with van der Waals surface area (Å²) in [4.78, 5) is 0. The molecule has 3 heteroatoms. The molecule has 1 aliphatic rings. The Balaban J connectivity index is 1.84. The highest BCUT2D eigenvalue weighted by Gasteiger charge is 2.16. The first-order chi connectivity index (χ1) is 7.68. The number of hydrogen-bond donors (Lipinski definition) is 1. The van der Waals surface area contributed by atoms with Crippen LogP contribution in [0.1, 0.15) is 35.5 Å². The van der Waals surface area contributed by atoms with E-state index in [1.165, 1.54) is 24.0 Å². The van der Waals surface area contributed by atoms with Crippen molar-refractivity contribution in [1.82, 2.24) is 5.32 Å². The van der Waals surface area contributed by atoms with Gasteiger partial charge >= 0.3 is 0 Å². The Morgan fingerprint density at radius 3 is 2.62 bits per heavy atom. The van der Waals surface area contributed by atoms with Gasteiger partial charge in [-0.25, -0.2) is 0 Å². The van der Waals surface area contributed by atoms with Gasteiger partial charge in [-0.15, -0.1) is 0 Å². The molecule has 1 fully saturated rings. The molecule has 2 heterocycles. The molecule has 1 atom stereocenters. The zero-order valence-corrected chi connectivity index (χ0v) is 10.4. The second kappa shape index (κ2) is 5.02. The van der Waals surface area contributed by atoms with Crippen molar-refractivity contribution >= 4 is 0 Å². The number of hydrogen-bond acceptors (Lipinski definition) is 3. The topological polar surface area (TPSA) is 34.4 Å². The van der Waals surface area contributed by atoms with Crippen LogP contribution in [0, 0.1) is 20.8 Å². The van der Waals surface area contributed by atoms with Crippen molar-refractivity contribution in [3.63, 3.8) is 0 Å².